The van der Waals surface area contributed by atoms with E-state index in [0.29, 0.717) is 18.9 Å². The molecule has 0 aliphatic rings. The number of halogens is 1. The van der Waals surface area contributed by atoms with Crippen LogP contribution in [0.15, 0.2) is 0 Å². The molecule has 0 aromatic rings. The number of rotatable bonds is 18. The summed E-state index contributed by atoms with van der Waals surface area (Å²) in [6.07, 6.45) is 19.7. The second-order valence-electron chi connectivity index (χ2n) is 6.61. The minimum atomic E-state index is -0.0392. The molecule has 0 amide bonds. The van der Waals surface area contributed by atoms with Gasteiger partial charge in [-0.15, -0.1) is 11.6 Å². The molecule has 138 valence electrons. The topological polar surface area (TPSA) is 26.3 Å². The molecule has 0 fully saturated rings. The highest BCUT2D eigenvalue weighted by Gasteiger charge is 2.02. The van der Waals surface area contributed by atoms with Crippen molar-refractivity contribution in [2.24, 2.45) is 0 Å². The number of alkyl halides is 1. The third-order valence-corrected chi connectivity index (χ3v) is 4.54. The minimum absolute atomic E-state index is 0.0392. The maximum atomic E-state index is 11.5. The van der Waals surface area contributed by atoms with Crippen molar-refractivity contribution < 1.29 is 9.53 Å². The highest BCUT2D eigenvalue weighted by molar-refractivity contribution is 6.17. The average Bonchev–Trinajstić information content (AvgIpc) is 2.56. The zero-order chi connectivity index (χ0) is 17.0. The molecule has 0 radical (unpaired) electrons. The molecule has 0 aromatic carbocycles. The Morgan fingerprint density at radius 2 is 1.17 bits per heavy atom. The lowest BCUT2D eigenvalue weighted by Crippen LogP contribution is -2.05. The Hall–Kier alpha value is -0.240. The lowest BCUT2D eigenvalue weighted by atomic mass is 10.0. The standard InChI is InChI=1S/C20H39ClO2/c1-2-3-4-5-6-7-8-9-10-11-12-13-14-17-20(22)23-19-16-15-18-21/h2-19H2,1H3. The number of unbranched alkanes of at least 4 members (excludes halogenated alkanes) is 13. The Morgan fingerprint density at radius 1 is 0.696 bits per heavy atom. The molecule has 0 saturated heterocycles. The molecule has 0 saturated carbocycles. The van der Waals surface area contributed by atoms with Gasteiger partial charge in [-0.25, -0.2) is 0 Å². The van der Waals surface area contributed by atoms with Crippen molar-refractivity contribution in [1.29, 1.82) is 0 Å². The zero-order valence-electron chi connectivity index (χ0n) is 15.4. The Labute approximate surface area is 149 Å². The van der Waals surface area contributed by atoms with Gasteiger partial charge in [0.25, 0.3) is 0 Å². The molecular formula is C20H39ClO2. The Balaban J connectivity index is 3.08. The number of carbonyl (C=O) groups excluding carboxylic acids is 1. The van der Waals surface area contributed by atoms with E-state index in [1.165, 1.54) is 70.6 Å². The number of hydrogen-bond acceptors (Lipinski definition) is 2. The smallest absolute Gasteiger partial charge is 0.305 e. The first kappa shape index (κ1) is 22.8. The van der Waals surface area contributed by atoms with Gasteiger partial charge in [0, 0.05) is 12.3 Å². The van der Waals surface area contributed by atoms with Gasteiger partial charge in [0.1, 0.15) is 0 Å². The summed E-state index contributed by atoms with van der Waals surface area (Å²) in [6.45, 7) is 2.80. The van der Waals surface area contributed by atoms with Crippen LogP contribution in [0.2, 0.25) is 0 Å². The predicted molar refractivity (Wildman–Crippen MR) is 101 cm³/mol. The van der Waals surface area contributed by atoms with E-state index in [1.807, 2.05) is 0 Å². The summed E-state index contributed by atoms with van der Waals surface area (Å²) in [5.74, 6) is 0.610. The van der Waals surface area contributed by atoms with Crippen molar-refractivity contribution in [3.63, 3.8) is 0 Å². The Bertz CT molecular complexity index is 244. The summed E-state index contributed by atoms with van der Waals surface area (Å²) in [5.41, 5.74) is 0. The van der Waals surface area contributed by atoms with Crippen LogP contribution in [-0.4, -0.2) is 18.5 Å². The van der Waals surface area contributed by atoms with E-state index < -0.39 is 0 Å². The van der Waals surface area contributed by atoms with Crippen molar-refractivity contribution in [3.8, 4) is 0 Å². The fourth-order valence-corrected chi connectivity index (χ4v) is 2.93. The van der Waals surface area contributed by atoms with Gasteiger partial charge < -0.3 is 4.74 Å². The Kier molecular flexibility index (Phi) is 19.6. The van der Waals surface area contributed by atoms with Gasteiger partial charge in [-0.3, -0.25) is 4.79 Å². The molecule has 0 atom stereocenters. The van der Waals surface area contributed by atoms with Crippen LogP contribution in [-0.2, 0) is 9.53 Å². The quantitative estimate of drug-likeness (QED) is 0.151. The number of hydrogen-bond donors (Lipinski definition) is 0. The maximum Gasteiger partial charge on any atom is 0.305 e. The summed E-state index contributed by atoms with van der Waals surface area (Å²) in [4.78, 5) is 11.5. The molecule has 2 nitrogen and oxygen atoms in total. The molecule has 0 aromatic heterocycles. The summed E-state index contributed by atoms with van der Waals surface area (Å²) >= 11 is 5.57. The van der Waals surface area contributed by atoms with Gasteiger partial charge in [-0.05, 0) is 19.3 Å². The molecule has 0 N–H and O–H groups in total. The fraction of sp³-hybridized carbons (Fsp3) is 0.950. The molecule has 0 rings (SSSR count). The first-order chi connectivity index (χ1) is 11.3. The van der Waals surface area contributed by atoms with Crippen molar-refractivity contribution in [3.05, 3.63) is 0 Å². The lowest BCUT2D eigenvalue weighted by molar-refractivity contribution is -0.143. The fourth-order valence-electron chi connectivity index (χ4n) is 2.74. The first-order valence-electron chi connectivity index (χ1n) is 10.0. The third kappa shape index (κ3) is 19.7. The van der Waals surface area contributed by atoms with Crippen molar-refractivity contribution >= 4 is 17.6 Å². The van der Waals surface area contributed by atoms with E-state index >= 15 is 0 Å². The first-order valence-corrected chi connectivity index (χ1v) is 10.6. The van der Waals surface area contributed by atoms with Gasteiger partial charge in [0.05, 0.1) is 6.61 Å². The van der Waals surface area contributed by atoms with Crippen molar-refractivity contribution in [1.82, 2.24) is 0 Å². The van der Waals surface area contributed by atoms with E-state index in [-0.39, 0.29) is 5.97 Å². The molecule has 3 heteroatoms. The predicted octanol–water partition coefficient (Wildman–Crippen LogP) is 7.03. The van der Waals surface area contributed by atoms with Crippen LogP contribution < -0.4 is 0 Å². The second kappa shape index (κ2) is 19.8. The van der Waals surface area contributed by atoms with Crippen LogP contribution in [0, 0.1) is 0 Å². The molecule has 0 spiro atoms. The van der Waals surface area contributed by atoms with Gasteiger partial charge in [-0.1, -0.05) is 84.0 Å². The van der Waals surface area contributed by atoms with Crippen LogP contribution in [0.25, 0.3) is 0 Å². The van der Waals surface area contributed by atoms with Crippen LogP contribution >= 0.6 is 11.6 Å². The molecule has 0 aliphatic carbocycles. The highest BCUT2D eigenvalue weighted by atomic mass is 35.5. The van der Waals surface area contributed by atoms with E-state index in [1.54, 1.807) is 0 Å². The van der Waals surface area contributed by atoms with E-state index in [4.69, 9.17) is 16.3 Å². The molecule has 0 bridgehead atoms. The molecule has 0 unspecified atom stereocenters. The van der Waals surface area contributed by atoms with Crippen LogP contribution in [0.1, 0.15) is 110 Å². The second-order valence-corrected chi connectivity index (χ2v) is 6.99. The highest BCUT2D eigenvalue weighted by Crippen LogP contribution is 2.13. The van der Waals surface area contributed by atoms with E-state index in [0.717, 1.165) is 25.7 Å². The van der Waals surface area contributed by atoms with Gasteiger partial charge in [0.2, 0.25) is 0 Å². The SMILES string of the molecule is CCCCCCCCCCCCCCCC(=O)OCCCCCl. The van der Waals surface area contributed by atoms with Gasteiger partial charge in [-0.2, -0.15) is 0 Å². The molecule has 0 aliphatic heterocycles. The Morgan fingerprint density at radius 3 is 1.65 bits per heavy atom. The lowest BCUT2D eigenvalue weighted by Gasteiger charge is -2.04. The average molecular weight is 347 g/mol. The molecular weight excluding hydrogens is 308 g/mol. The summed E-state index contributed by atoms with van der Waals surface area (Å²) < 4.78 is 5.15. The summed E-state index contributed by atoms with van der Waals surface area (Å²) in [7, 11) is 0. The third-order valence-electron chi connectivity index (χ3n) is 4.28. The largest absolute Gasteiger partial charge is 0.466 e. The van der Waals surface area contributed by atoms with Gasteiger partial charge in [0.15, 0.2) is 0 Å². The summed E-state index contributed by atoms with van der Waals surface area (Å²) in [5, 5.41) is 0. The van der Waals surface area contributed by atoms with Crippen molar-refractivity contribution in [2.75, 3.05) is 12.5 Å². The van der Waals surface area contributed by atoms with E-state index in [2.05, 4.69) is 6.92 Å². The zero-order valence-corrected chi connectivity index (χ0v) is 16.2. The van der Waals surface area contributed by atoms with Crippen LogP contribution in [0.3, 0.4) is 0 Å². The van der Waals surface area contributed by atoms with E-state index in [9.17, 15) is 4.79 Å². The number of carbonyl (C=O) groups is 1. The molecule has 23 heavy (non-hydrogen) atoms. The maximum absolute atomic E-state index is 11.5. The van der Waals surface area contributed by atoms with Crippen molar-refractivity contribution in [2.45, 2.75) is 110 Å². The number of esters is 1. The monoisotopic (exact) mass is 346 g/mol. The summed E-state index contributed by atoms with van der Waals surface area (Å²) in [6, 6.07) is 0. The molecule has 0 heterocycles. The van der Waals surface area contributed by atoms with Crippen LogP contribution in [0.4, 0.5) is 0 Å². The van der Waals surface area contributed by atoms with Gasteiger partial charge >= 0.3 is 5.97 Å². The number of ether oxygens (including phenoxy) is 1. The minimum Gasteiger partial charge on any atom is -0.466 e. The van der Waals surface area contributed by atoms with Crippen LogP contribution in [0.5, 0.6) is 0 Å². The normalized spacial score (nSPS) is 10.9.